The summed E-state index contributed by atoms with van der Waals surface area (Å²) in [6, 6.07) is 0. The Morgan fingerprint density at radius 1 is 1.62 bits per heavy atom. The minimum atomic E-state index is -1.33. The molecule has 2 N–H and O–H groups in total. The summed E-state index contributed by atoms with van der Waals surface area (Å²) in [6.07, 6.45) is 0.0779. The molecule has 0 aromatic rings. The summed E-state index contributed by atoms with van der Waals surface area (Å²) < 4.78 is 9.39. The first-order chi connectivity index (χ1) is 6.20. The Bertz CT molecular complexity index is 157. The van der Waals surface area contributed by atoms with Crippen LogP contribution in [0.5, 0.6) is 0 Å². The Morgan fingerprint density at radius 3 is 2.77 bits per heavy atom. The standard InChI is InChI=1S/C8H14O5/c1-2-3-7(13-8(10)11)6-12-5-4-9/h2,7,9H,1,3-6H2,(H,10,11). The number of hydrogen-bond donors (Lipinski definition) is 2. The van der Waals surface area contributed by atoms with Crippen LogP contribution in [-0.2, 0) is 9.47 Å². The van der Waals surface area contributed by atoms with E-state index in [-0.39, 0.29) is 19.8 Å². The molecule has 0 spiro atoms. The van der Waals surface area contributed by atoms with Gasteiger partial charge in [-0.1, -0.05) is 6.08 Å². The van der Waals surface area contributed by atoms with Crippen LogP contribution < -0.4 is 0 Å². The summed E-state index contributed by atoms with van der Waals surface area (Å²) in [5.74, 6) is 0. The van der Waals surface area contributed by atoms with Crippen molar-refractivity contribution in [2.45, 2.75) is 12.5 Å². The van der Waals surface area contributed by atoms with Crippen molar-refractivity contribution in [3.8, 4) is 0 Å². The van der Waals surface area contributed by atoms with Crippen LogP contribution in [0, 0.1) is 0 Å². The van der Waals surface area contributed by atoms with E-state index >= 15 is 0 Å². The van der Waals surface area contributed by atoms with E-state index < -0.39 is 12.3 Å². The fourth-order valence-electron chi connectivity index (χ4n) is 0.758. The summed E-state index contributed by atoms with van der Waals surface area (Å²) >= 11 is 0. The molecule has 0 fully saturated rings. The number of ether oxygens (including phenoxy) is 2. The van der Waals surface area contributed by atoms with Crippen molar-refractivity contribution in [1.29, 1.82) is 0 Å². The molecule has 0 aliphatic rings. The second kappa shape index (κ2) is 7.57. The zero-order valence-corrected chi connectivity index (χ0v) is 7.31. The van der Waals surface area contributed by atoms with Gasteiger partial charge >= 0.3 is 6.16 Å². The first kappa shape index (κ1) is 11.9. The molecule has 0 aromatic heterocycles. The molecule has 0 rings (SSSR count). The van der Waals surface area contributed by atoms with Crippen LogP contribution in [-0.4, -0.2) is 42.3 Å². The molecule has 0 radical (unpaired) electrons. The van der Waals surface area contributed by atoms with Crippen LogP contribution >= 0.6 is 0 Å². The van der Waals surface area contributed by atoms with Crippen LogP contribution in [0.2, 0.25) is 0 Å². The molecule has 1 atom stereocenters. The fraction of sp³-hybridized carbons (Fsp3) is 0.625. The SMILES string of the molecule is C=CCC(COCCO)OC(=O)O. The minimum Gasteiger partial charge on any atom is -0.450 e. The largest absolute Gasteiger partial charge is 0.506 e. The highest BCUT2D eigenvalue weighted by atomic mass is 16.7. The zero-order valence-electron chi connectivity index (χ0n) is 7.31. The van der Waals surface area contributed by atoms with Crippen LogP contribution in [0.4, 0.5) is 4.79 Å². The van der Waals surface area contributed by atoms with E-state index in [1.165, 1.54) is 0 Å². The third-order valence-corrected chi connectivity index (χ3v) is 1.24. The van der Waals surface area contributed by atoms with E-state index in [1.807, 2.05) is 0 Å². The van der Waals surface area contributed by atoms with Crippen LogP contribution in [0.3, 0.4) is 0 Å². The van der Waals surface area contributed by atoms with Gasteiger partial charge in [0.2, 0.25) is 0 Å². The van der Waals surface area contributed by atoms with Crippen molar-refractivity contribution in [3.63, 3.8) is 0 Å². The van der Waals surface area contributed by atoms with Crippen molar-refractivity contribution in [1.82, 2.24) is 0 Å². The van der Waals surface area contributed by atoms with Crippen molar-refractivity contribution >= 4 is 6.16 Å². The predicted molar refractivity (Wildman–Crippen MR) is 45.6 cm³/mol. The normalized spacial score (nSPS) is 12.1. The molecule has 1 unspecified atom stereocenters. The number of rotatable bonds is 7. The second-order valence-electron chi connectivity index (χ2n) is 2.33. The Labute approximate surface area is 76.6 Å². The summed E-state index contributed by atoms with van der Waals surface area (Å²) in [6.45, 7) is 3.68. The highest BCUT2D eigenvalue weighted by Crippen LogP contribution is 2.00. The maximum absolute atomic E-state index is 10.2. The Kier molecular flexibility index (Phi) is 6.95. The van der Waals surface area contributed by atoms with Gasteiger partial charge in [-0.25, -0.2) is 4.79 Å². The maximum Gasteiger partial charge on any atom is 0.506 e. The van der Waals surface area contributed by atoms with E-state index in [1.54, 1.807) is 6.08 Å². The van der Waals surface area contributed by atoms with Gasteiger partial charge in [-0.05, 0) is 0 Å². The maximum atomic E-state index is 10.2. The third kappa shape index (κ3) is 7.30. The van der Waals surface area contributed by atoms with E-state index in [9.17, 15) is 4.79 Å². The smallest absolute Gasteiger partial charge is 0.450 e. The van der Waals surface area contributed by atoms with Gasteiger partial charge in [-0.15, -0.1) is 6.58 Å². The molecule has 0 saturated carbocycles. The Balaban J connectivity index is 3.65. The van der Waals surface area contributed by atoms with Crippen LogP contribution in [0.25, 0.3) is 0 Å². The molecule has 5 heteroatoms. The van der Waals surface area contributed by atoms with Gasteiger partial charge in [0.15, 0.2) is 0 Å². The average molecular weight is 190 g/mol. The van der Waals surface area contributed by atoms with E-state index in [4.69, 9.17) is 14.9 Å². The van der Waals surface area contributed by atoms with Gasteiger partial charge in [0.05, 0.1) is 19.8 Å². The molecule has 0 aliphatic heterocycles. The highest BCUT2D eigenvalue weighted by molar-refractivity contribution is 5.57. The molecule has 0 saturated heterocycles. The fourth-order valence-corrected chi connectivity index (χ4v) is 0.758. The van der Waals surface area contributed by atoms with Crippen molar-refractivity contribution in [2.75, 3.05) is 19.8 Å². The first-order valence-corrected chi connectivity index (χ1v) is 3.89. The molecular weight excluding hydrogens is 176 g/mol. The van der Waals surface area contributed by atoms with E-state index in [0.29, 0.717) is 6.42 Å². The molecule has 5 nitrogen and oxygen atoms in total. The van der Waals surface area contributed by atoms with E-state index in [2.05, 4.69) is 11.3 Å². The lowest BCUT2D eigenvalue weighted by molar-refractivity contribution is -0.00764. The number of aliphatic hydroxyl groups is 1. The minimum absolute atomic E-state index is 0.0894. The summed E-state index contributed by atoms with van der Waals surface area (Å²) in [7, 11) is 0. The van der Waals surface area contributed by atoms with Gasteiger partial charge < -0.3 is 19.7 Å². The van der Waals surface area contributed by atoms with Gasteiger partial charge in [0.25, 0.3) is 0 Å². The molecule has 0 aromatic carbocycles. The Morgan fingerprint density at radius 2 is 2.31 bits per heavy atom. The quantitative estimate of drug-likeness (QED) is 0.350. The van der Waals surface area contributed by atoms with Crippen molar-refractivity contribution < 1.29 is 24.5 Å². The van der Waals surface area contributed by atoms with Crippen LogP contribution in [0.1, 0.15) is 6.42 Å². The lowest BCUT2D eigenvalue weighted by Gasteiger charge is -2.13. The van der Waals surface area contributed by atoms with Gasteiger partial charge in [-0.2, -0.15) is 0 Å². The highest BCUT2D eigenvalue weighted by Gasteiger charge is 2.11. The molecule has 0 heterocycles. The Hall–Kier alpha value is -1.07. The number of hydrogen-bond acceptors (Lipinski definition) is 4. The average Bonchev–Trinajstić information content (AvgIpc) is 2.04. The van der Waals surface area contributed by atoms with Gasteiger partial charge in [0, 0.05) is 6.42 Å². The van der Waals surface area contributed by atoms with Crippen LogP contribution in [0.15, 0.2) is 12.7 Å². The lowest BCUT2D eigenvalue weighted by atomic mass is 10.3. The number of carboxylic acid groups (broad SMARTS) is 1. The molecule has 0 aliphatic carbocycles. The third-order valence-electron chi connectivity index (χ3n) is 1.24. The van der Waals surface area contributed by atoms with E-state index in [0.717, 1.165) is 0 Å². The van der Waals surface area contributed by atoms with Gasteiger partial charge in [0.1, 0.15) is 6.10 Å². The van der Waals surface area contributed by atoms with Gasteiger partial charge in [-0.3, -0.25) is 0 Å². The molecular formula is C8H14O5. The molecule has 13 heavy (non-hydrogen) atoms. The van der Waals surface area contributed by atoms with Crippen molar-refractivity contribution in [2.24, 2.45) is 0 Å². The molecule has 0 bridgehead atoms. The van der Waals surface area contributed by atoms with Crippen molar-refractivity contribution in [3.05, 3.63) is 12.7 Å². The molecule has 0 amide bonds. The topological polar surface area (TPSA) is 76.0 Å². The summed E-state index contributed by atoms with van der Waals surface area (Å²) in [5, 5.41) is 16.7. The monoisotopic (exact) mass is 190 g/mol. The molecule has 76 valence electrons. The summed E-state index contributed by atoms with van der Waals surface area (Å²) in [4.78, 5) is 10.2. The zero-order chi connectivity index (χ0) is 10.1. The predicted octanol–water partition coefficient (Wildman–Crippen LogP) is 0.635. The first-order valence-electron chi connectivity index (χ1n) is 3.89. The summed E-state index contributed by atoms with van der Waals surface area (Å²) in [5.41, 5.74) is 0. The number of aliphatic hydroxyl groups excluding tert-OH is 1. The number of carbonyl (C=O) groups is 1. The lowest BCUT2D eigenvalue weighted by Crippen LogP contribution is -2.22. The second-order valence-corrected chi connectivity index (χ2v) is 2.33.